The third-order valence-electron chi connectivity index (χ3n) is 2.31. The molecule has 0 amide bonds. The molecule has 74 valence electrons. The van der Waals surface area contributed by atoms with Crippen molar-refractivity contribution in [1.82, 2.24) is 0 Å². The second-order valence-corrected chi connectivity index (χ2v) is 4.12. The van der Waals surface area contributed by atoms with Gasteiger partial charge in [-0.2, -0.15) is 11.3 Å². The Hall–Kier alpha value is -1.74. The molecule has 0 radical (unpaired) electrons. The number of rotatable bonds is 1. The number of aromatic hydroxyl groups is 1. The molecular formula is C12H8O2S. The van der Waals surface area contributed by atoms with Gasteiger partial charge in [-0.1, -0.05) is 0 Å². The molecule has 0 fully saturated rings. The number of hydrogen-bond donors (Lipinski definition) is 1. The highest BCUT2D eigenvalue weighted by molar-refractivity contribution is 7.08. The van der Waals surface area contributed by atoms with E-state index in [1.54, 1.807) is 29.5 Å². The Bertz CT molecular complexity index is 593. The number of furan rings is 1. The van der Waals surface area contributed by atoms with E-state index in [2.05, 4.69) is 0 Å². The molecule has 0 aliphatic rings. The molecule has 1 N–H and O–H groups in total. The molecule has 2 nitrogen and oxygen atoms in total. The van der Waals surface area contributed by atoms with Crippen molar-refractivity contribution in [2.24, 2.45) is 0 Å². The molecule has 0 spiro atoms. The summed E-state index contributed by atoms with van der Waals surface area (Å²) in [5.41, 5.74) is 1.88. The van der Waals surface area contributed by atoms with Crippen LogP contribution in [0.15, 0.2) is 45.5 Å². The summed E-state index contributed by atoms with van der Waals surface area (Å²) in [6.07, 6.45) is 0. The molecule has 2 heterocycles. The van der Waals surface area contributed by atoms with Gasteiger partial charge in [0, 0.05) is 16.3 Å². The average Bonchev–Trinajstić information content (AvgIpc) is 2.84. The molecule has 3 heteroatoms. The van der Waals surface area contributed by atoms with E-state index in [1.165, 1.54) is 0 Å². The fourth-order valence-electron chi connectivity index (χ4n) is 1.58. The Morgan fingerprint density at radius 2 is 2.07 bits per heavy atom. The lowest BCUT2D eigenvalue weighted by atomic mass is 10.2. The van der Waals surface area contributed by atoms with Crippen molar-refractivity contribution < 1.29 is 9.52 Å². The highest BCUT2D eigenvalue weighted by Crippen LogP contribution is 2.30. The summed E-state index contributed by atoms with van der Waals surface area (Å²) >= 11 is 1.64. The zero-order valence-electron chi connectivity index (χ0n) is 7.81. The van der Waals surface area contributed by atoms with Crippen LogP contribution in [0.2, 0.25) is 0 Å². The van der Waals surface area contributed by atoms with Gasteiger partial charge in [0.2, 0.25) is 0 Å². The predicted octanol–water partition coefficient (Wildman–Crippen LogP) is 3.87. The summed E-state index contributed by atoms with van der Waals surface area (Å²) < 4.78 is 5.66. The Morgan fingerprint density at radius 3 is 2.87 bits per heavy atom. The normalized spacial score (nSPS) is 10.9. The Labute approximate surface area is 90.4 Å². The van der Waals surface area contributed by atoms with Crippen LogP contribution in [0.25, 0.3) is 22.3 Å². The molecule has 0 aliphatic heterocycles. The first-order chi connectivity index (χ1) is 7.33. The van der Waals surface area contributed by atoms with Crippen molar-refractivity contribution in [2.75, 3.05) is 0 Å². The molecule has 1 aromatic carbocycles. The van der Waals surface area contributed by atoms with Crippen LogP contribution >= 0.6 is 11.3 Å². The zero-order valence-corrected chi connectivity index (χ0v) is 8.62. The van der Waals surface area contributed by atoms with E-state index in [0.717, 1.165) is 22.3 Å². The molecule has 2 aromatic heterocycles. The van der Waals surface area contributed by atoms with Crippen LogP contribution in [0.5, 0.6) is 5.75 Å². The molecule has 0 bridgehead atoms. The molecule has 3 aromatic rings. The maximum atomic E-state index is 9.33. The summed E-state index contributed by atoms with van der Waals surface area (Å²) in [4.78, 5) is 0. The molecule has 0 saturated carbocycles. The predicted molar refractivity (Wildman–Crippen MR) is 61.2 cm³/mol. The van der Waals surface area contributed by atoms with Gasteiger partial charge in [0.05, 0.1) is 0 Å². The quantitative estimate of drug-likeness (QED) is 0.670. The third kappa shape index (κ3) is 1.41. The molecule has 0 atom stereocenters. The number of fused-ring (bicyclic) bond motifs is 1. The van der Waals surface area contributed by atoms with Crippen molar-refractivity contribution in [1.29, 1.82) is 0 Å². The van der Waals surface area contributed by atoms with Crippen LogP contribution in [0.3, 0.4) is 0 Å². The van der Waals surface area contributed by atoms with Crippen LogP contribution in [0.1, 0.15) is 0 Å². The van der Waals surface area contributed by atoms with Crippen LogP contribution in [0, 0.1) is 0 Å². The average molecular weight is 216 g/mol. The largest absolute Gasteiger partial charge is 0.508 e. The SMILES string of the molecule is Oc1ccc2oc(-c3ccsc3)cc2c1. The monoisotopic (exact) mass is 216 g/mol. The number of hydrogen-bond acceptors (Lipinski definition) is 3. The first-order valence-electron chi connectivity index (χ1n) is 4.58. The van der Waals surface area contributed by atoms with Crippen molar-refractivity contribution in [2.45, 2.75) is 0 Å². The third-order valence-corrected chi connectivity index (χ3v) is 2.99. The second kappa shape index (κ2) is 3.14. The van der Waals surface area contributed by atoms with Crippen LogP contribution in [0.4, 0.5) is 0 Å². The van der Waals surface area contributed by atoms with Crippen molar-refractivity contribution >= 4 is 22.3 Å². The summed E-state index contributed by atoms with van der Waals surface area (Å²) in [6.45, 7) is 0. The first kappa shape index (κ1) is 8.56. The van der Waals surface area contributed by atoms with Gasteiger partial charge in [0.15, 0.2) is 0 Å². The Balaban J connectivity index is 2.22. The van der Waals surface area contributed by atoms with E-state index in [9.17, 15) is 5.11 Å². The number of thiophene rings is 1. The maximum Gasteiger partial charge on any atom is 0.136 e. The first-order valence-corrected chi connectivity index (χ1v) is 5.52. The molecular weight excluding hydrogens is 208 g/mol. The molecule has 3 rings (SSSR count). The van der Waals surface area contributed by atoms with Crippen LogP contribution < -0.4 is 0 Å². The minimum Gasteiger partial charge on any atom is -0.508 e. The van der Waals surface area contributed by atoms with Gasteiger partial charge in [-0.05, 0) is 35.7 Å². The van der Waals surface area contributed by atoms with E-state index in [1.807, 2.05) is 22.9 Å². The lowest BCUT2D eigenvalue weighted by Crippen LogP contribution is -1.62. The van der Waals surface area contributed by atoms with E-state index >= 15 is 0 Å². The molecule has 0 aliphatic carbocycles. The summed E-state index contributed by atoms with van der Waals surface area (Å²) in [7, 11) is 0. The molecule has 0 unspecified atom stereocenters. The van der Waals surface area contributed by atoms with Gasteiger partial charge in [-0.3, -0.25) is 0 Å². The topological polar surface area (TPSA) is 33.4 Å². The lowest BCUT2D eigenvalue weighted by Gasteiger charge is -1.89. The van der Waals surface area contributed by atoms with Crippen molar-refractivity contribution in [3.8, 4) is 17.1 Å². The van der Waals surface area contributed by atoms with Gasteiger partial charge in [-0.25, -0.2) is 0 Å². The summed E-state index contributed by atoms with van der Waals surface area (Å²) in [6, 6.07) is 9.07. The highest BCUT2D eigenvalue weighted by Gasteiger charge is 2.06. The van der Waals surface area contributed by atoms with E-state index in [-0.39, 0.29) is 5.75 Å². The summed E-state index contributed by atoms with van der Waals surface area (Å²) in [5.74, 6) is 1.11. The van der Waals surface area contributed by atoms with E-state index in [4.69, 9.17) is 4.42 Å². The van der Waals surface area contributed by atoms with E-state index in [0.29, 0.717) is 0 Å². The Kier molecular flexibility index (Phi) is 1.79. The van der Waals surface area contributed by atoms with Crippen molar-refractivity contribution in [3.63, 3.8) is 0 Å². The number of benzene rings is 1. The van der Waals surface area contributed by atoms with Crippen LogP contribution in [-0.4, -0.2) is 5.11 Å². The minimum atomic E-state index is 0.264. The smallest absolute Gasteiger partial charge is 0.136 e. The number of phenols is 1. The molecule has 0 saturated heterocycles. The lowest BCUT2D eigenvalue weighted by molar-refractivity contribution is 0.476. The van der Waals surface area contributed by atoms with Gasteiger partial charge >= 0.3 is 0 Å². The zero-order chi connectivity index (χ0) is 10.3. The minimum absolute atomic E-state index is 0.264. The fourth-order valence-corrected chi connectivity index (χ4v) is 2.22. The second-order valence-electron chi connectivity index (χ2n) is 3.34. The van der Waals surface area contributed by atoms with Crippen LogP contribution in [-0.2, 0) is 0 Å². The summed E-state index contributed by atoms with van der Waals surface area (Å²) in [5, 5.41) is 14.3. The highest BCUT2D eigenvalue weighted by atomic mass is 32.1. The standard InChI is InChI=1S/C12H8O2S/c13-10-1-2-11-9(5-10)6-12(14-11)8-3-4-15-7-8/h1-7,13H. The fraction of sp³-hybridized carbons (Fsp3) is 0. The van der Waals surface area contributed by atoms with Gasteiger partial charge in [0.1, 0.15) is 17.1 Å². The Morgan fingerprint density at radius 1 is 1.13 bits per heavy atom. The number of phenolic OH excluding ortho intramolecular Hbond substituents is 1. The van der Waals surface area contributed by atoms with Crippen molar-refractivity contribution in [3.05, 3.63) is 41.1 Å². The van der Waals surface area contributed by atoms with E-state index < -0.39 is 0 Å². The van der Waals surface area contributed by atoms with Gasteiger partial charge < -0.3 is 9.52 Å². The van der Waals surface area contributed by atoms with Gasteiger partial charge in [0.25, 0.3) is 0 Å². The van der Waals surface area contributed by atoms with Gasteiger partial charge in [-0.15, -0.1) is 0 Å². The molecule has 15 heavy (non-hydrogen) atoms. The maximum absolute atomic E-state index is 9.33.